The first kappa shape index (κ1) is 26.4. The van der Waals surface area contributed by atoms with Gasteiger partial charge in [0.15, 0.2) is 6.61 Å². The van der Waals surface area contributed by atoms with Gasteiger partial charge in [-0.25, -0.2) is 9.99 Å². The molecule has 1 fully saturated rings. The van der Waals surface area contributed by atoms with E-state index in [1.54, 1.807) is 4.68 Å². The van der Waals surface area contributed by atoms with Crippen LogP contribution in [0.5, 0.6) is 5.88 Å². The number of carbonyl (C=O) groups is 1. The number of ether oxygens (including phenoxy) is 1. The second kappa shape index (κ2) is 11.3. The highest BCUT2D eigenvalue weighted by molar-refractivity contribution is 6.05. The van der Waals surface area contributed by atoms with Gasteiger partial charge in [-0.1, -0.05) is 12.1 Å². The van der Waals surface area contributed by atoms with Gasteiger partial charge in [-0.3, -0.25) is 14.9 Å². The highest BCUT2D eigenvalue weighted by Gasteiger charge is 2.29. The zero-order valence-corrected chi connectivity index (χ0v) is 21.5. The molecule has 8 nitrogen and oxygen atoms in total. The highest BCUT2D eigenvalue weighted by atomic mass is 19.4. The summed E-state index contributed by atoms with van der Waals surface area (Å²) in [5.74, 6) is 0.522. The van der Waals surface area contributed by atoms with Gasteiger partial charge in [-0.15, -0.1) is 0 Å². The average Bonchev–Trinajstić information content (AvgIpc) is 3.16. The summed E-state index contributed by atoms with van der Waals surface area (Å²) >= 11 is 0. The number of amides is 1. The van der Waals surface area contributed by atoms with Crippen LogP contribution in [0.3, 0.4) is 0 Å². The lowest BCUT2D eigenvalue weighted by Gasteiger charge is -2.33. The second-order valence-electron chi connectivity index (χ2n) is 10.2. The molecular formula is C27H33F3N6O2. The van der Waals surface area contributed by atoms with E-state index in [0.29, 0.717) is 17.9 Å². The van der Waals surface area contributed by atoms with Crippen LogP contribution in [-0.4, -0.2) is 76.1 Å². The maximum atomic E-state index is 12.9. The Hall–Kier alpha value is -3.18. The summed E-state index contributed by atoms with van der Waals surface area (Å²) in [4.78, 5) is 19.7. The molecule has 4 heterocycles. The van der Waals surface area contributed by atoms with E-state index < -0.39 is 12.8 Å². The molecule has 38 heavy (non-hydrogen) atoms. The molecule has 0 radical (unpaired) electrons. The maximum absolute atomic E-state index is 12.9. The number of piperidine rings is 1. The Bertz CT molecular complexity index is 1270. The lowest BCUT2D eigenvalue weighted by molar-refractivity contribution is -0.154. The van der Waals surface area contributed by atoms with Crippen molar-refractivity contribution >= 4 is 16.8 Å². The van der Waals surface area contributed by atoms with Gasteiger partial charge in [0.2, 0.25) is 5.88 Å². The summed E-state index contributed by atoms with van der Waals surface area (Å²) in [6.45, 7) is 3.02. The monoisotopic (exact) mass is 530 g/mol. The molecule has 0 saturated carbocycles. The molecule has 1 N–H and O–H groups in total. The van der Waals surface area contributed by atoms with Crippen LogP contribution in [-0.2, 0) is 19.9 Å². The number of rotatable bonds is 7. The van der Waals surface area contributed by atoms with Crippen LogP contribution < -0.4 is 10.2 Å². The van der Waals surface area contributed by atoms with Crippen molar-refractivity contribution in [2.24, 2.45) is 13.0 Å². The number of pyridine rings is 1. The zero-order valence-electron chi connectivity index (χ0n) is 21.5. The Kier molecular flexibility index (Phi) is 7.85. The van der Waals surface area contributed by atoms with Crippen LogP contribution in [0.25, 0.3) is 10.9 Å². The fraction of sp³-hybridized carbons (Fsp3) is 0.519. The van der Waals surface area contributed by atoms with Gasteiger partial charge in [0.25, 0.3) is 5.91 Å². The van der Waals surface area contributed by atoms with Gasteiger partial charge in [0, 0.05) is 63.0 Å². The Morgan fingerprint density at radius 1 is 1.11 bits per heavy atom. The number of hydrazine groups is 1. The quantitative estimate of drug-likeness (QED) is 0.502. The normalized spacial score (nSPS) is 17.8. The molecule has 5 rings (SSSR count). The summed E-state index contributed by atoms with van der Waals surface area (Å²) in [6.07, 6.45) is 2.15. The number of hydrogen-bond acceptors (Lipinski definition) is 6. The summed E-state index contributed by atoms with van der Waals surface area (Å²) in [5.41, 5.74) is 6.42. The van der Waals surface area contributed by atoms with E-state index in [1.165, 1.54) is 6.07 Å². The van der Waals surface area contributed by atoms with E-state index in [-0.39, 0.29) is 11.8 Å². The molecule has 11 heteroatoms. The van der Waals surface area contributed by atoms with E-state index in [2.05, 4.69) is 20.4 Å². The van der Waals surface area contributed by atoms with E-state index in [4.69, 9.17) is 4.74 Å². The maximum Gasteiger partial charge on any atom is 0.422 e. The van der Waals surface area contributed by atoms with Gasteiger partial charge in [0.05, 0.1) is 11.1 Å². The predicted octanol–water partition coefficient (Wildman–Crippen LogP) is 3.76. The first-order valence-corrected chi connectivity index (χ1v) is 13.1. The molecule has 0 spiro atoms. The fourth-order valence-electron chi connectivity index (χ4n) is 5.33. The number of aryl methyl sites for hydroxylation is 1. The van der Waals surface area contributed by atoms with Crippen LogP contribution in [0.15, 0.2) is 36.5 Å². The minimum atomic E-state index is -4.37. The fourth-order valence-corrected chi connectivity index (χ4v) is 5.33. The van der Waals surface area contributed by atoms with E-state index in [9.17, 15) is 18.0 Å². The number of nitrogens with zero attached hydrogens (tertiary/aromatic N) is 5. The molecule has 1 amide bonds. The van der Waals surface area contributed by atoms with Crippen LogP contribution in [0.2, 0.25) is 0 Å². The van der Waals surface area contributed by atoms with Crippen molar-refractivity contribution in [1.82, 2.24) is 30.1 Å². The molecule has 2 aliphatic heterocycles. The SMILES string of the molecule is Cn1cc2c(C(=O)NN3CCC(CCN4CCc5ccc(OCC(F)(F)F)nc5CC4)CC3)cccc2n1. The number of alkyl halides is 3. The van der Waals surface area contributed by atoms with Crippen LogP contribution >= 0.6 is 0 Å². The summed E-state index contributed by atoms with van der Waals surface area (Å²) in [5, 5.41) is 7.25. The Balaban J connectivity index is 1.06. The second-order valence-corrected chi connectivity index (χ2v) is 10.2. The van der Waals surface area contributed by atoms with Crippen molar-refractivity contribution in [3.63, 3.8) is 0 Å². The topological polar surface area (TPSA) is 75.5 Å². The van der Waals surface area contributed by atoms with Gasteiger partial charge in [0.1, 0.15) is 0 Å². The molecule has 0 bridgehead atoms. The number of fused-ring (bicyclic) bond motifs is 2. The number of benzene rings is 1. The molecule has 0 atom stereocenters. The molecule has 2 aliphatic rings. The van der Waals surface area contributed by atoms with Crippen molar-refractivity contribution in [3.8, 4) is 5.88 Å². The molecule has 2 aromatic heterocycles. The Morgan fingerprint density at radius 2 is 1.89 bits per heavy atom. The Morgan fingerprint density at radius 3 is 2.68 bits per heavy atom. The largest absolute Gasteiger partial charge is 0.468 e. The van der Waals surface area contributed by atoms with Gasteiger partial charge < -0.3 is 9.64 Å². The van der Waals surface area contributed by atoms with Crippen LogP contribution in [0, 0.1) is 5.92 Å². The molecule has 0 unspecified atom stereocenters. The standard InChI is InChI=1S/C27H33F3N6O2/c1-34-17-22-21(3-2-4-24(22)32-34)26(37)33-36-15-8-19(9-16-36)7-12-35-13-10-20-5-6-25(31-23(20)11-14-35)38-18-27(28,29)30/h2-6,17,19H,7-16,18H2,1H3,(H,33,37). The molecule has 1 saturated heterocycles. The molecule has 0 aliphatic carbocycles. The first-order valence-electron chi connectivity index (χ1n) is 13.1. The van der Waals surface area contributed by atoms with Crippen molar-refractivity contribution in [3.05, 3.63) is 53.3 Å². The third-order valence-corrected chi connectivity index (χ3v) is 7.43. The smallest absolute Gasteiger partial charge is 0.422 e. The first-order chi connectivity index (χ1) is 18.2. The minimum Gasteiger partial charge on any atom is -0.468 e. The third-order valence-electron chi connectivity index (χ3n) is 7.43. The summed E-state index contributed by atoms with van der Waals surface area (Å²) < 4.78 is 43.9. The predicted molar refractivity (Wildman–Crippen MR) is 137 cm³/mol. The van der Waals surface area contributed by atoms with Crippen LogP contribution in [0.1, 0.15) is 40.9 Å². The van der Waals surface area contributed by atoms with Crippen molar-refractivity contribution in [2.45, 2.75) is 38.3 Å². The van der Waals surface area contributed by atoms with E-state index >= 15 is 0 Å². The van der Waals surface area contributed by atoms with E-state index in [0.717, 1.165) is 80.6 Å². The van der Waals surface area contributed by atoms with E-state index in [1.807, 2.05) is 42.5 Å². The number of aromatic nitrogens is 3. The Labute approximate surface area is 219 Å². The molecule has 204 valence electrons. The van der Waals surface area contributed by atoms with Gasteiger partial charge >= 0.3 is 6.18 Å². The average molecular weight is 531 g/mol. The summed E-state index contributed by atoms with van der Waals surface area (Å²) in [7, 11) is 1.85. The van der Waals surface area contributed by atoms with Gasteiger partial charge in [-0.2, -0.15) is 18.3 Å². The third kappa shape index (κ3) is 6.63. The van der Waals surface area contributed by atoms with Crippen LogP contribution in [0.4, 0.5) is 13.2 Å². The number of nitrogens with one attached hydrogen (secondary N) is 1. The minimum absolute atomic E-state index is 0.0329. The van der Waals surface area contributed by atoms with Crippen molar-refractivity contribution in [1.29, 1.82) is 0 Å². The summed E-state index contributed by atoms with van der Waals surface area (Å²) in [6, 6.07) is 8.97. The lowest BCUT2D eigenvalue weighted by Crippen LogP contribution is -2.47. The zero-order chi connectivity index (χ0) is 26.7. The number of hydrogen-bond donors (Lipinski definition) is 1. The number of carbonyl (C=O) groups excluding carboxylic acids is 1. The van der Waals surface area contributed by atoms with Gasteiger partial charge in [-0.05, 0) is 55.8 Å². The molecule has 3 aromatic rings. The molecule has 1 aromatic carbocycles. The number of halogens is 3. The van der Waals surface area contributed by atoms with Crippen molar-refractivity contribution < 1.29 is 22.7 Å². The molecular weight excluding hydrogens is 497 g/mol. The highest BCUT2D eigenvalue weighted by Crippen LogP contribution is 2.24. The lowest BCUT2D eigenvalue weighted by atomic mass is 9.94. The van der Waals surface area contributed by atoms with Crippen molar-refractivity contribution in [2.75, 3.05) is 39.3 Å².